The molecule has 0 amide bonds. The van der Waals surface area contributed by atoms with Crippen molar-refractivity contribution < 1.29 is 18.3 Å². The van der Waals surface area contributed by atoms with E-state index in [4.69, 9.17) is 4.74 Å². The molecule has 2 atom stereocenters. The summed E-state index contributed by atoms with van der Waals surface area (Å²) in [5, 5.41) is 9.90. The van der Waals surface area contributed by atoms with Crippen LogP contribution >= 0.6 is 0 Å². The molecule has 112 valence electrons. The highest BCUT2D eigenvalue weighted by molar-refractivity contribution is 7.89. The zero-order valence-electron chi connectivity index (χ0n) is 11.8. The summed E-state index contributed by atoms with van der Waals surface area (Å²) in [6, 6.07) is 4.60. The number of aliphatic hydroxyl groups is 1. The van der Waals surface area contributed by atoms with Gasteiger partial charge in [0.2, 0.25) is 10.0 Å². The summed E-state index contributed by atoms with van der Waals surface area (Å²) in [6.07, 6.45) is 2.55. The van der Waals surface area contributed by atoms with Gasteiger partial charge in [0.25, 0.3) is 0 Å². The zero-order chi connectivity index (χ0) is 14.8. The predicted octanol–water partition coefficient (Wildman–Crippen LogP) is 1.59. The fourth-order valence-electron chi connectivity index (χ4n) is 2.51. The Morgan fingerprint density at radius 2 is 2.00 bits per heavy atom. The van der Waals surface area contributed by atoms with Crippen LogP contribution in [0.4, 0.5) is 0 Å². The van der Waals surface area contributed by atoms with Gasteiger partial charge in [-0.3, -0.25) is 0 Å². The first-order valence-corrected chi connectivity index (χ1v) is 8.27. The summed E-state index contributed by atoms with van der Waals surface area (Å²) < 4.78 is 32.7. The Bertz CT molecular complexity index is 571. The van der Waals surface area contributed by atoms with Crippen molar-refractivity contribution in [3.63, 3.8) is 0 Å². The van der Waals surface area contributed by atoms with Crippen molar-refractivity contribution in [2.24, 2.45) is 0 Å². The van der Waals surface area contributed by atoms with Gasteiger partial charge >= 0.3 is 0 Å². The van der Waals surface area contributed by atoms with E-state index in [2.05, 4.69) is 4.72 Å². The third-order valence-corrected chi connectivity index (χ3v) is 5.16. The minimum Gasteiger partial charge on any atom is -0.495 e. The lowest BCUT2D eigenvalue weighted by Crippen LogP contribution is -2.45. The topological polar surface area (TPSA) is 75.6 Å². The quantitative estimate of drug-likeness (QED) is 0.885. The first kappa shape index (κ1) is 15.3. The van der Waals surface area contributed by atoms with E-state index < -0.39 is 22.2 Å². The molecule has 5 nitrogen and oxygen atoms in total. The van der Waals surface area contributed by atoms with E-state index in [1.165, 1.54) is 7.11 Å². The summed E-state index contributed by atoms with van der Waals surface area (Å²) >= 11 is 0. The molecule has 0 aliphatic heterocycles. The molecule has 0 aromatic heterocycles. The van der Waals surface area contributed by atoms with Gasteiger partial charge in [-0.25, -0.2) is 13.1 Å². The molecule has 1 fully saturated rings. The van der Waals surface area contributed by atoms with Crippen molar-refractivity contribution in [2.75, 3.05) is 7.11 Å². The largest absolute Gasteiger partial charge is 0.495 e. The summed E-state index contributed by atoms with van der Waals surface area (Å²) in [7, 11) is -2.25. The Morgan fingerprint density at radius 1 is 1.30 bits per heavy atom. The second-order valence-corrected chi connectivity index (χ2v) is 6.92. The molecule has 6 heteroatoms. The predicted molar refractivity (Wildman–Crippen MR) is 76.3 cm³/mol. The highest BCUT2D eigenvalue weighted by atomic mass is 32.2. The second kappa shape index (κ2) is 6.11. The molecule has 1 aromatic rings. The standard InChI is InChI=1S/C14H21NO4S/c1-10-7-8-13(19-2)14(9-10)20(17,18)15-11-5-3-4-6-12(11)16/h7-9,11-12,15-16H,3-6H2,1-2H3. The van der Waals surface area contributed by atoms with Crippen LogP contribution in [-0.2, 0) is 10.0 Å². The number of benzene rings is 1. The molecule has 0 saturated heterocycles. The van der Waals surface area contributed by atoms with Gasteiger partial charge in [0.05, 0.1) is 13.2 Å². The lowest BCUT2D eigenvalue weighted by molar-refractivity contribution is 0.101. The van der Waals surface area contributed by atoms with E-state index in [1.54, 1.807) is 18.2 Å². The van der Waals surface area contributed by atoms with E-state index >= 15 is 0 Å². The van der Waals surface area contributed by atoms with Gasteiger partial charge in [-0.15, -0.1) is 0 Å². The van der Waals surface area contributed by atoms with Crippen molar-refractivity contribution in [3.05, 3.63) is 23.8 Å². The SMILES string of the molecule is COc1ccc(C)cc1S(=O)(=O)NC1CCCCC1O. The highest BCUT2D eigenvalue weighted by Gasteiger charge is 2.29. The van der Waals surface area contributed by atoms with Gasteiger partial charge in [-0.05, 0) is 37.5 Å². The molecule has 0 spiro atoms. The fraction of sp³-hybridized carbons (Fsp3) is 0.571. The van der Waals surface area contributed by atoms with Crippen molar-refractivity contribution in [1.82, 2.24) is 4.72 Å². The molecule has 0 radical (unpaired) electrons. The van der Waals surface area contributed by atoms with Crippen molar-refractivity contribution in [1.29, 1.82) is 0 Å². The van der Waals surface area contributed by atoms with Crippen LogP contribution in [0.5, 0.6) is 5.75 Å². The fourth-order valence-corrected chi connectivity index (χ4v) is 4.06. The van der Waals surface area contributed by atoms with Crippen LogP contribution in [-0.4, -0.2) is 32.8 Å². The Kier molecular flexibility index (Phi) is 4.67. The molecule has 1 aliphatic carbocycles. The third kappa shape index (κ3) is 3.31. The number of nitrogens with one attached hydrogen (secondary N) is 1. The van der Waals surface area contributed by atoms with Gasteiger partial charge in [-0.2, -0.15) is 0 Å². The zero-order valence-corrected chi connectivity index (χ0v) is 12.6. The van der Waals surface area contributed by atoms with Gasteiger partial charge in [0.1, 0.15) is 10.6 Å². The average Bonchev–Trinajstić information content (AvgIpc) is 2.41. The van der Waals surface area contributed by atoms with E-state index in [-0.39, 0.29) is 4.90 Å². The van der Waals surface area contributed by atoms with Crippen molar-refractivity contribution in [2.45, 2.75) is 49.6 Å². The molecule has 2 rings (SSSR count). The van der Waals surface area contributed by atoms with Crippen LogP contribution in [0.3, 0.4) is 0 Å². The maximum Gasteiger partial charge on any atom is 0.244 e. The maximum absolute atomic E-state index is 12.5. The smallest absolute Gasteiger partial charge is 0.244 e. The van der Waals surface area contributed by atoms with E-state index in [1.807, 2.05) is 6.92 Å². The number of hydrogen-bond acceptors (Lipinski definition) is 4. The summed E-state index contributed by atoms with van der Waals surface area (Å²) in [5.41, 5.74) is 0.843. The number of hydrogen-bond donors (Lipinski definition) is 2. The average molecular weight is 299 g/mol. The van der Waals surface area contributed by atoms with Crippen LogP contribution in [0.15, 0.2) is 23.1 Å². The first-order chi connectivity index (χ1) is 9.44. The molecular formula is C14H21NO4S. The Balaban J connectivity index is 2.28. The molecule has 0 bridgehead atoms. The number of methoxy groups -OCH3 is 1. The van der Waals surface area contributed by atoms with Gasteiger partial charge in [0, 0.05) is 6.04 Å². The Labute approximate surface area is 120 Å². The minimum absolute atomic E-state index is 0.123. The van der Waals surface area contributed by atoms with Crippen LogP contribution in [0.2, 0.25) is 0 Å². The summed E-state index contributed by atoms with van der Waals surface area (Å²) in [5.74, 6) is 0.313. The lowest BCUT2D eigenvalue weighted by Gasteiger charge is -2.28. The van der Waals surface area contributed by atoms with Crippen LogP contribution in [0.25, 0.3) is 0 Å². The lowest BCUT2D eigenvalue weighted by atomic mass is 9.93. The third-order valence-electron chi connectivity index (χ3n) is 3.64. The number of aliphatic hydroxyl groups excluding tert-OH is 1. The Morgan fingerprint density at radius 3 is 2.65 bits per heavy atom. The van der Waals surface area contributed by atoms with Crippen LogP contribution < -0.4 is 9.46 Å². The number of rotatable bonds is 4. The van der Waals surface area contributed by atoms with E-state index in [0.717, 1.165) is 18.4 Å². The first-order valence-electron chi connectivity index (χ1n) is 6.79. The molecule has 1 saturated carbocycles. The molecular weight excluding hydrogens is 278 g/mol. The molecule has 1 aliphatic rings. The van der Waals surface area contributed by atoms with Gasteiger partial charge in [-0.1, -0.05) is 18.9 Å². The van der Waals surface area contributed by atoms with Crippen molar-refractivity contribution in [3.8, 4) is 5.75 Å². The van der Waals surface area contributed by atoms with Crippen molar-refractivity contribution >= 4 is 10.0 Å². The van der Waals surface area contributed by atoms with E-state index in [0.29, 0.717) is 18.6 Å². The van der Waals surface area contributed by atoms with Gasteiger partial charge < -0.3 is 9.84 Å². The molecule has 2 unspecified atom stereocenters. The second-order valence-electron chi connectivity index (χ2n) is 5.23. The molecule has 0 heterocycles. The number of aryl methyl sites for hydroxylation is 1. The molecule has 1 aromatic carbocycles. The van der Waals surface area contributed by atoms with E-state index in [9.17, 15) is 13.5 Å². The monoisotopic (exact) mass is 299 g/mol. The highest BCUT2D eigenvalue weighted by Crippen LogP contribution is 2.26. The number of ether oxygens (including phenoxy) is 1. The minimum atomic E-state index is -3.69. The Hall–Kier alpha value is -1.11. The summed E-state index contributed by atoms with van der Waals surface area (Å²) in [6.45, 7) is 1.83. The van der Waals surface area contributed by atoms with Gasteiger partial charge in [0.15, 0.2) is 0 Å². The van der Waals surface area contributed by atoms with Crippen LogP contribution in [0.1, 0.15) is 31.2 Å². The number of sulfonamides is 1. The summed E-state index contributed by atoms with van der Waals surface area (Å²) in [4.78, 5) is 0.123. The molecule has 2 N–H and O–H groups in total. The normalized spacial score (nSPS) is 23.6. The molecule has 20 heavy (non-hydrogen) atoms. The maximum atomic E-state index is 12.5. The van der Waals surface area contributed by atoms with Crippen LogP contribution in [0, 0.1) is 6.92 Å².